The third-order valence-corrected chi connectivity index (χ3v) is 6.19. The predicted molar refractivity (Wildman–Crippen MR) is 104 cm³/mol. The summed E-state index contributed by atoms with van der Waals surface area (Å²) in [7, 11) is 0. The molecule has 4 rings (SSSR count). The number of imide groups is 1. The summed E-state index contributed by atoms with van der Waals surface area (Å²) in [4.78, 5) is 41.5. The molecule has 0 radical (unpaired) electrons. The van der Waals surface area contributed by atoms with E-state index in [1.807, 2.05) is 11.8 Å². The van der Waals surface area contributed by atoms with Crippen LogP contribution in [0, 0.1) is 0 Å². The average Bonchev–Trinajstić information content (AvgIpc) is 3.28. The molecule has 156 valence electrons. The first-order valence-corrected chi connectivity index (χ1v) is 10.3. The van der Waals surface area contributed by atoms with E-state index < -0.39 is 17.5 Å². The molecule has 0 spiro atoms. The second kappa shape index (κ2) is 7.57. The Bertz CT molecular complexity index is 836. The molecule has 3 aliphatic rings. The molecule has 2 aliphatic heterocycles. The fourth-order valence-electron chi connectivity index (χ4n) is 4.50. The highest BCUT2D eigenvalue weighted by atomic mass is 16.7. The highest BCUT2D eigenvalue weighted by molar-refractivity contribution is 6.09. The molecule has 1 aliphatic carbocycles. The van der Waals surface area contributed by atoms with Gasteiger partial charge in [-0.3, -0.25) is 14.5 Å². The Morgan fingerprint density at radius 2 is 1.93 bits per heavy atom. The van der Waals surface area contributed by atoms with Gasteiger partial charge in [0.15, 0.2) is 11.5 Å². The van der Waals surface area contributed by atoms with Crippen molar-refractivity contribution in [2.45, 2.75) is 57.5 Å². The van der Waals surface area contributed by atoms with E-state index in [9.17, 15) is 14.4 Å². The molecule has 1 unspecified atom stereocenters. The van der Waals surface area contributed by atoms with Crippen LogP contribution in [-0.2, 0) is 15.1 Å². The number of carbonyl (C=O) groups is 3. The van der Waals surface area contributed by atoms with E-state index in [1.165, 1.54) is 6.42 Å². The van der Waals surface area contributed by atoms with Gasteiger partial charge in [-0.15, -0.1) is 0 Å². The van der Waals surface area contributed by atoms with Gasteiger partial charge in [-0.1, -0.05) is 25.3 Å². The molecular formula is C21H27N3O5. The molecule has 1 atom stereocenters. The minimum atomic E-state index is -1.25. The lowest BCUT2D eigenvalue weighted by Gasteiger charge is -2.34. The van der Waals surface area contributed by atoms with Crippen molar-refractivity contribution in [2.75, 3.05) is 19.9 Å². The molecule has 0 bridgehead atoms. The topological polar surface area (TPSA) is 88.2 Å². The second-order valence-corrected chi connectivity index (χ2v) is 7.99. The summed E-state index contributed by atoms with van der Waals surface area (Å²) < 4.78 is 10.7. The van der Waals surface area contributed by atoms with E-state index in [-0.39, 0.29) is 25.3 Å². The van der Waals surface area contributed by atoms with E-state index >= 15 is 0 Å². The molecule has 1 saturated carbocycles. The van der Waals surface area contributed by atoms with Crippen molar-refractivity contribution < 1.29 is 23.9 Å². The highest BCUT2D eigenvalue weighted by Gasteiger charge is 2.50. The first-order chi connectivity index (χ1) is 13.9. The van der Waals surface area contributed by atoms with Gasteiger partial charge in [0, 0.05) is 12.6 Å². The molecule has 29 heavy (non-hydrogen) atoms. The van der Waals surface area contributed by atoms with Gasteiger partial charge < -0.3 is 19.7 Å². The number of urea groups is 1. The van der Waals surface area contributed by atoms with Crippen LogP contribution in [-0.4, -0.2) is 53.6 Å². The summed E-state index contributed by atoms with van der Waals surface area (Å²) in [5.74, 6) is 0.522. The SMILES string of the molecule is CCN(C(=O)CN1C(=O)NC(C)(c2ccc3c(c2)OCO3)C1=O)C1CCCCC1. The van der Waals surface area contributed by atoms with Crippen LogP contribution in [0.3, 0.4) is 0 Å². The minimum absolute atomic E-state index is 0.129. The van der Waals surface area contributed by atoms with Gasteiger partial charge in [0.25, 0.3) is 5.91 Å². The molecule has 2 heterocycles. The van der Waals surface area contributed by atoms with Gasteiger partial charge in [-0.05, 0) is 44.4 Å². The van der Waals surface area contributed by atoms with Gasteiger partial charge in [0.2, 0.25) is 12.7 Å². The zero-order valence-electron chi connectivity index (χ0n) is 16.9. The number of hydrogen-bond acceptors (Lipinski definition) is 5. The molecule has 1 aromatic rings. The van der Waals surface area contributed by atoms with Crippen LogP contribution in [0.15, 0.2) is 18.2 Å². The molecule has 1 aromatic carbocycles. The lowest BCUT2D eigenvalue weighted by atomic mass is 9.91. The van der Waals surface area contributed by atoms with E-state index in [0.717, 1.165) is 30.6 Å². The highest BCUT2D eigenvalue weighted by Crippen LogP contribution is 2.37. The van der Waals surface area contributed by atoms with Crippen molar-refractivity contribution in [1.29, 1.82) is 0 Å². The normalized spacial score (nSPS) is 24.0. The molecule has 0 aromatic heterocycles. The Kier molecular flexibility index (Phi) is 5.10. The molecule has 2 fully saturated rings. The van der Waals surface area contributed by atoms with E-state index in [4.69, 9.17) is 9.47 Å². The largest absolute Gasteiger partial charge is 0.454 e. The van der Waals surface area contributed by atoms with Crippen LogP contribution in [0.25, 0.3) is 0 Å². The summed E-state index contributed by atoms with van der Waals surface area (Å²) in [5, 5.41) is 2.75. The molecule has 8 nitrogen and oxygen atoms in total. The van der Waals surface area contributed by atoms with Gasteiger partial charge in [-0.25, -0.2) is 4.79 Å². The molecular weight excluding hydrogens is 374 g/mol. The fourth-order valence-corrected chi connectivity index (χ4v) is 4.50. The fraction of sp³-hybridized carbons (Fsp3) is 0.571. The van der Waals surface area contributed by atoms with Crippen LogP contribution in [0.4, 0.5) is 4.79 Å². The number of nitrogens with zero attached hydrogens (tertiary/aromatic N) is 2. The third-order valence-electron chi connectivity index (χ3n) is 6.19. The number of likely N-dealkylation sites (N-methyl/N-ethyl adjacent to an activating group) is 1. The van der Waals surface area contributed by atoms with Gasteiger partial charge in [0.05, 0.1) is 0 Å². The maximum Gasteiger partial charge on any atom is 0.325 e. The smallest absolute Gasteiger partial charge is 0.325 e. The van der Waals surface area contributed by atoms with Crippen molar-refractivity contribution >= 4 is 17.8 Å². The Morgan fingerprint density at radius 1 is 1.21 bits per heavy atom. The zero-order valence-corrected chi connectivity index (χ0v) is 16.9. The number of benzene rings is 1. The van der Waals surface area contributed by atoms with Crippen molar-refractivity contribution in [1.82, 2.24) is 15.1 Å². The van der Waals surface area contributed by atoms with Crippen LogP contribution >= 0.6 is 0 Å². The lowest BCUT2D eigenvalue weighted by molar-refractivity contribution is -0.140. The quantitative estimate of drug-likeness (QED) is 0.766. The Balaban J connectivity index is 1.51. The van der Waals surface area contributed by atoms with Crippen LogP contribution < -0.4 is 14.8 Å². The summed E-state index contributed by atoms with van der Waals surface area (Å²) >= 11 is 0. The van der Waals surface area contributed by atoms with Crippen LogP contribution in [0.1, 0.15) is 51.5 Å². The van der Waals surface area contributed by atoms with E-state index in [2.05, 4.69) is 5.32 Å². The van der Waals surface area contributed by atoms with E-state index in [1.54, 1.807) is 25.1 Å². The number of amides is 4. The number of carbonyl (C=O) groups excluding carboxylic acids is 3. The predicted octanol–water partition coefficient (Wildman–Crippen LogP) is 2.36. The Labute approximate surface area is 170 Å². The maximum atomic E-state index is 13.2. The Morgan fingerprint density at radius 3 is 2.66 bits per heavy atom. The van der Waals surface area contributed by atoms with Gasteiger partial charge >= 0.3 is 6.03 Å². The number of ether oxygens (including phenoxy) is 2. The summed E-state index contributed by atoms with van der Waals surface area (Å²) in [6.45, 7) is 4.05. The molecule has 8 heteroatoms. The van der Waals surface area contributed by atoms with Gasteiger partial charge in [-0.2, -0.15) is 0 Å². The average molecular weight is 401 g/mol. The van der Waals surface area contributed by atoms with Crippen LogP contribution in [0.5, 0.6) is 11.5 Å². The number of hydrogen-bond donors (Lipinski definition) is 1. The van der Waals surface area contributed by atoms with Crippen molar-refractivity contribution in [3.05, 3.63) is 23.8 Å². The first kappa shape index (κ1) is 19.5. The lowest BCUT2D eigenvalue weighted by Crippen LogP contribution is -2.48. The zero-order chi connectivity index (χ0) is 20.6. The third kappa shape index (κ3) is 3.41. The Hall–Kier alpha value is -2.77. The first-order valence-electron chi connectivity index (χ1n) is 10.3. The number of nitrogens with one attached hydrogen (secondary N) is 1. The maximum absolute atomic E-state index is 13.2. The van der Waals surface area contributed by atoms with Crippen molar-refractivity contribution in [3.63, 3.8) is 0 Å². The second-order valence-electron chi connectivity index (χ2n) is 7.99. The van der Waals surface area contributed by atoms with Crippen molar-refractivity contribution in [3.8, 4) is 11.5 Å². The van der Waals surface area contributed by atoms with Gasteiger partial charge in [0.1, 0.15) is 12.1 Å². The standard InChI is InChI=1S/C21H27N3O5/c1-3-23(15-7-5-4-6-8-15)18(25)12-24-19(26)21(2,22-20(24)27)14-9-10-16-17(11-14)29-13-28-16/h9-11,15H,3-8,12-13H2,1-2H3,(H,22,27). The number of rotatable bonds is 5. The monoisotopic (exact) mass is 401 g/mol. The molecule has 4 amide bonds. The van der Waals surface area contributed by atoms with Crippen molar-refractivity contribution in [2.24, 2.45) is 0 Å². The van der Waals surface area contributed by atoms with Crippen LogP contribution in [0.2, 0.25) is 0 Å². The molecule has 1 saturated heterocycles. The minimum Gasteiger partial charge on any atom is -0.454 e. The summed E-state index contributed by atoms with van der Waals surface area (Å²) in [6.07, 6.45) is 5.38. The summed E-state index contributed by atoms with van der Waals surface area (Å²) in [5.41, 5.74) is -0.657. The summed E-state index contributed by atoms with van der Waals surface area (Å²) in [6, 6.07) is 4.80. The van der Waals surface area contributed by atoms with E-state index in [0.29, 0.717) is 23.6 Å². The number of fused-ring (bicyclic) bond motifs is 1. The molecule has 1 N–H and O–H groups in total.